The number of hydrogen-bond acceptors (Lipinski definition) is 1. The van der Waals surface area contributed by atoms with Crippen LogP contribution in [-0.4, -0.2) is 9.78 Å². The third-order valence-corrected chi connectivity index (χ3v) is 3.49. The van der Waals surface area contributed by atoms with Gasteiger partial charge >= 0.3 is 0 Å². The van der Waals surface area contributed by atoms with Crippen molar-refractivity contribution in [2.24, 2.45) is 0 Å². The molecule has 0 aliphatic heterocycles. The van der Waals surface area contributed by atoms with Gasteiger partial charge in [-0.2, -0.15) is 5.10 Å². The normalized spacial score (nSPS) is 14.7. The highest BCUT2D eigenvalue weighted by molar-refractivity contribution is 5.38. The monoisotopic (exact) mass is 230 g/mol. The molecule has 0 saturated carbocycles. The van der Waals surface area contributed by atoms with E-state index in [1.54, 1.807) is 12.1 Å². The first-order valence-electron chi connectivity index (χ1n) is 6.09. The molecule has 3 rings (SSSR count). The smallest absolute Gasteiger partial charge is 0.123 e. The first kappa shape index (κ1) is 10.5. The summed E-state index contributed by atoms with van der Waals surface area (Å²) in [6.07, 6.45) is 4.68. The van der Waals surface area contributed by atoms with Crippen LogP contribution in [0.25, 0.3) is 5.69 Å². The van der Waals surface area contributed by atoms with Crippen LogP contribution in [0, 0.1) is 12.7 Å². The molecule has 1 aliphatic carbocycles. The molecule has 2 aromatic rings. The van der Waals surface area contributed by atoms with Gasteiger partial charge in [0.15, 0.2) is 0 Å². The fraction of sp³-hybridized carbons (Fsp3) is 0.357. The van der Waals surface area contributed by atoms with Crippen molar-refractivity contribution in [1.29, 1.82) is 0 Å². The number of aromatic nitrogens is 2. The molecule has 0 spiro atoms. The van der Waals surface area contributed by atoms with Gasteiger partial charge in [0.25, 0.3) is 0 Å². The fourth-order valence-electron chi connectivity index (χ4n) is 2.55. The maximum atomic E-state index is 12.9. The van der Waals surface area contributed by atoms with E-state index in [-0.39, 0.29) is 5.82 Å². The van der Waals surface area contributed by atoms with Gasteiger partial charge in [0.2, 0.25) is 0 Å². The molecule has 17 heavy (non-hydrogen) atoms. The number of nitrogens with zero attached hydrogens (tertiary/aromatic N) is 2. The van der Waals surface area contributed by atoms with E-state index in [0.29, 0.717) is 0 Å². The highest BCUT2D eigenvalue weighted by Gasteiger charge is 2.18. The van der Waals surface area contributed by atoms with Gasteiger partial charge in [-0.1, -0.05) is 0 Å². The molecule has 3 heteroatoms. The van der Waals surface area contributed by atoms with Gasteiger partial charge in [0.05, 0.1) is 11.4 Å². The van der Waals surface area contributed by atoms with Crippen LogP contribution in [0.3, 0.4) is 0 Å². The molecule has 88 valence electrons. The number of aryl methyl sites for hydroxylation is 1. The minimum Gasteiger partial charge on any atom is -0.238 e. The van der Waals surface area contributed by atoms with E-state index < -0.39 is 0 Å². The minimum atomic E-state index is -0.205. The average molecular weight is 230 g/mol. The van der Waals surface area contributed by atoms with Crippen LogP contribution in [0.1, 0.15) is 29.8 Å². The van der Waals surface area contributed by atoms with Crippen molar-refractivity contribution in [3.63, 3.8) is 0 Å². The Bertz CT molecular complexity index is 540. The Labute approximate surface area is 100 Å². The molecule has 1 aromatic carbocycles. The molecule has 1 heterocycles. The second-order valence-corrected chi connectivity index (χ2v) is 4.61. The predicted molar refractivity (Wildman–Crippen MR) is 64.9 cm³/mol. The van der Waals surface area contributed by atoms with E-state index in [0.717, 1.165) is 18.5 Å². The molecular weight excluding hydrogens is 215 g/mol. The molecule has 0 amide bonds. The molecule has 1 aliphatic rings. The van der Waals surface area contributed by atoms with Gasteiger partial charge in [-0.15, -0.1) is 0 Å². The van der Waals surface area contributed by atoms with E-state index in [9.17, 15) is 4.39 Å². The van der Waals surface area contributed by atoms with Gasteiger partial charge < -0.3 is 0 Å². The Morgan fingerprint density at radius 2 is 1.82 bits per heavy atom. The van der Waals surface area contributed by atoms with Gasteiger partial charge in [-0.3, -0.25) is 0 Å². The maximum Gasteiger partial charge on any atom is 0.123 e. The standard InChI is InChI=1S/C14H15FN2/c1-10-13-4-2-3-5-14(13)16-17(10)12-8-6-11(15)7-9-12/h6-9H,2-5H2,1H3. The highest BCUT2D eigenvalue weighted by atomic mass is 19.1. The van der Waals surface area contributed by atoms with Crippen molar-refractivity contribution in [3.8, 4) is 5.69 Å². The molecule has 0 saturated heterocycles. The van der Waals surface area contributed by atoms with E-state index in [2.05, 4.69) is 12.0 Å². The summed E-state index contributed by atoms with van der Waals surface area (Å²) in [4.78, 5) is 0. The fourth-order valence-corrected chi connectivity index (χ4v) is 2.55. The molecule has 0 bridgehead atoms. The van der Waals surface area contributed by atoms with Crippen LogP contribution in [0.15, 0.2) is 24.3 Å². The van der Waals surface area contributed by atoms with Crippen LogP contribution in [0.5, 0.6) is 0 Å². The topological polar surface area (TPSA) is 17.8 Å². The van der Waals surface area contributed by atoms with E-state index >= 15 is 0 Å². The van der Waals surface area contributed by atoms with Gasteiger partial charge in [0, 0.05) is 5.69 Å². The minimum absolute atomic E-state index is 0.205. The van der Waals surface area contributed by atoms with Crippen LogP contribution in [0.4, 0.5) is 4.39 Å². The zero-order chi connectivity index (χ0) is 11.8. The van der Waals surface area contributed by atoms with Gasteiger partial charge in [0.1, 0.15) is 5.82 Å². The first-order chi connectivity index (χ1) is 8.25. The molecule has 0 fully saturated rings. The van der Waals surface area contributed by atoms with Crippen LogP contribution < -0.4 is 0 Å². The van der Waals surface area contributed by atoms with E-state index in [1.807, 2.05) is 4.68 Å². The summed E-state index contributed by atoms with van der Waals surface area (Å²) in [5.74, 6) is -0.205. The molecule has 1 aromatic heterocycles. The SMILES string of the molecule is Cc1c2c(nn1-c1ccc(F)cc1)CCCC2. The lowest BCUT2D eigenvalue weighted by molar-refractivity contribution is 0.626. The Balaban J connectivity index is 2.09. The van der Waals surface area contributed by atoms with Crippen LogP contribution in [-0.2, 0) is 12.8 Å². The lowest BCUT2D eigenvalue weighted by Crippen LogP contribution is -2.00. The number of rotatable bonds is 1. The maximum absolute atomic E-state index is 12.9. The molecule has 0 atom stereocenters. The summed E-state index contributed by atoms with van der Waals surface area (Å²) >= 11 is 0. The highest BCUT2D eigenvalue weighted by Crippen LogP contribution is 2.25. The van der Waals surface area contributed by atoms with Gasteiger partial charge in [-0.05, 0) is 62.4 Å². The number of benzene rings is 1. The third kappa shape index (κ3) is 1.75. The van der Waals surface area contributed by atoms with E-state index in [1.165, 1.54) is 41.9 Å². The molecular formula is C14H15FN2. The largest absolute Gasteiger partial charge is 0.238 e. The quantitative estimate of drug-likeness (QED) is 0.735. The summed E-state index contributed by atoms with van der Waals surface area (Å²) in [5, 5.41) is 4.64. The first-order valence-corrected chi connectivity index (χ1v) is 6.09. The summed E-state index contributed by atoms with van der Waals surface area (Å²) in [6.45, 7) is 2.10. The third-order valence-electron chi connectivity index (χ3n) is 3.49. The summed E-state index contributed by atoms with van der Waals surface area (Å²) in [7, 11) is 0. The average Bonchev–Trinajstić information content (AvgIpc) is 2.69. The Kier molecular flexibility index (Phi) is 2.46. The predicted octanol–water partition coefficient (Wildman–Crippen LogP) is 3.20. The molecule has 2 nitrogen and oxygen atoms in total. The molecule has 0 radical (unpaired) electrons. The second-order valence-electron chi connectivity index (χ2n) is 4.61. The summed E-state index contributed by atoms with van der Waals surface area (Å²) in [5.41, 5.74) is 4.75. The lowest BCUT2D eigenvalue weighted by Gasteiger charge is -2.09. The van der Waals surface area contributed by atoms with Crippen molar-refractivity contribution < 1.29 is 4.39 Å². The van der Waals surface area contributed by atoms with Crippen molar-refractivity contribution in [1.82, 2.24) is 9.78 Å². The van der Waals surface area contributed by atoms with Crippen LogP contribution >= 0.6 is 0 Å². The molecule has 0 N–H and O–H groups in total. The molecule has 0 unspecified atom stereocenters. The zero-order valence-corrected chi connectivity index (χ0v) is 9.91. The van der Waals surface area contributed by atoms with Crippen molar-refractivity contribution in [2.75, 3.05) is 0 Å². The number of halogens is 1. The summed E-state index contributed by atoms with van der Waals surface area (Å²) < 4.78 is 14.8. The number of hydrogen-bond donors (Lipinski definition) is 0. The lowest BCUT2D eigenvalue weighted by atomic mass is 9.96. The Morgan fingerprint density at radius 1 is 1.12 bits per heavy atom. The Hall–Kier alpha value is -1.64. The second kappa shape index (κ2) is 3.99. The van der Waals surface area contributed by atoms with Gasteiger partial charge in [-0.25, -0.2) is 9.07 Å². The van der Waals surface area contributed by atoms with Crippen molar-refractivity contribution >= 4 is 0 Å². The van der Waals surface area contributed by atoms with E-state index in [4.69, 9.17) is 0 Å². The summed E-state index contributed by atoms with van der Waals surface area (Å²) in [6, 6.07) is 6.52. The number of fused-ring (bicyclic) bond motifs is 1. The van der Waals surface area contributed by atoms with Crippen molar-refractivity contribution in [2.45, 2.75) is 32.6 Å². The van der Waals surface area contributed by atoms with Crippen LogP contribution in [0.2, 0.25) is 0 Å². The Morgan fingerprint density at radius 3 is 2.53 bits per heavy atom. The van der Waals surface area contributed by atoms with Crippen molar-refractivity contribution in [3.05, 3.63) is 47.0 Å². The zero-order valence-electron chi connectivity index (χ0n) is 9.91.